The van der Waals surface area contributed by atoms with Crippen molar-refractivity contribution in [2.75, 3.05) is 12.4 Å². The highest BCUT2D eigenvalue weighted by Crippen LogP contribution is 2.37. The molecule has 0 aliphatic carbocycles. The van der Waals surface area contributed by atoms with Gasteiger partial charge in [0.25, 0.3) is 0 Å². The second-order valence-electron chi connectivity index (χ2n) is 4.29. The Morgan fingerprint density at radius 1 is 1.45 bits per heavy atom. The van der Waals surface area contributed by atoms with Crippen molar-refractivity contribution in [3.8, 4) is 5.75 Å². The topological polar surface area (TPSA) is 64.4 Å². The molecule has 0 aromatic heterocycles. The Labute approximate surface area is 115 Å². The molecule has 0 aliphatic rings. The lowest BCUT2D eigenvalue weighted by Crippen LogP contribution is -2.35. The largest absolute Gasteiger partial charge is 0.497 e. The highest BCUT2D eigenvalue weighted by atomic mass is 19.4. The second-order valence-corrected chi connectivity index (χ2v) is 4.29. The van der Waals surface area contributed by atoms with E-state index in [9.17, 15) is 18.0 Å². The van der Waals surface area contributed by atoms with E-state index in [1.807, 2.05) is 6.92 Å². The molecule has 1 atom stereocenters. The van der Waals surface area contributed by atoms with Gasteiger partial charge in [-0.1, -0.05) is 13.3 Å². The van der Waals surface area contributed by atoms with E-state index in [-0.39, 0.29) is 11.4 Å². The zero-order valence-corrected chi connectivity index (χ0v) is 11.3. The minimum absolute atomic E-state index is 0.0631. The number of carbonyl (C=O) groups is 1. The summed E-state index contributed by atoms with van der Waals surface area (Å²) in [5, 5.41) is 2.21. The number of benzene rings is 1. The number of anilines is 1. The van der Waals surface area contributed by atoms with E-state index >= 15 is 0 Å². The number of halogens is 3. The lowest BCUT2D eigenvalue weighted by atomic mass is 10.1. The van der Waals surface area contributed by atoms with Gasteiger partial charge in [0.05, 0.1) is 24.4 Å². The molecule has 0 bridgehead atoms. The van der Waals surface area contributed by atoms with Crippen LogP contribution in [0.4, 0.5) is 18.9 Å². The summed E-state index contributed by atoms with van der Waals surface area (Å²) in [6.07, 6.45) is -3.52. The normalized spacial score (nSPS) is 12.9. The fraction of sp³-hybridized carbons (Fsp3) is 0.462. The van der Waals surface area contributed by atoms with Gasteiger partial charge in [-0.25, -0.2) is 0 Å². The summed E-state index contributed by atoms with van der Waals surface area (Å²) in [6, 6.07) is 2.50. The quantitative estimate of drug-likeness (QED) is 0.876. The average Bonchev–Trinajstić information content (AvgIpc) is 2.38. The highest BCUT2D eigenvalue weighted by molar-refractivity contribution is 5.95. The van der Waals surface area contributed by atoms with E-state index in [0.717, 1.165) is 12.1 Å². The van der Waals surface area contributed by atoms with Crippen molar-refractivity contribution in [2.24, 2.45) is 5.73 Å². The molecule has 0 fully saturated rings. The van der Waals surface area contributed by atoms with Crippen LogP contribution in [0.2, 0.25) is 0 Å². The van der Waals surface area contributed by atoms with E-state index in [4.69, 9.17) is 10.5 Å². The number of alkyl halides is 3. The van der Waals surface area contributed by atoms with E-state index in [0.29, 0.717) is 12.8 Å². The first-order valence-electron chi connectivity index (χ1n) is 6.11. The lowest BCUT2D eigenvalue weighted by Gasteiger charge is -2.17. The predicted octanol–water partition coefficient (Wildman–Crippen LogP) is 2.78. The molecule has 0 radical (unpaired) electrons. The molecule has 7 heteroatoms. The van der Waals surface area contributed by atoms with Crippen LogP contribution in [0.1, 0.15) is 25.3 Å². The van der Waals surface area contributed by atoms with Crippen LogP contribution in [0.5, 0.6) is 5.75 Å². The van der Waals surface area contributed by atoms with Gasteiger partial charge >= 0.3 is 6.18 Å². The Morgan fingerprint density at radius 3 is 2.60 bits per heavy atom. The monoisotopic (exact) mass is 290 g/mol. The summed E-state index contributed by atoms with van der Waals surface area (Å²) in [6.45, 7) is 1.83. The Hall–Kier alpha value is -1.76. The third kappa shape index (κ3) is 4.12. The molecule has 0 heterocycles. The third-order valence-corrected chi connectivity index (χ3v) is 2.73. The average molecular weight is 290 g/mol. The molecule has 0 saturated heterocycles. The van der Waals surface area contributed by atoms with E-state index < -0.39 is 23.7 Å². The van der Waals surface area contributed by atoms with Gasteiger partial charge < -0.3 is 15.8 Å². The molecule has 0 aliphatic heterocycles. The van der Waals surface area contributed by atoms with Crippen molar-refractivity contribution in [3.05, 3.63) is 23.8 Å². The second kappa shape index (κ2) is 6.60. The number of hydrogen-bond donors (Lipinski definition) is 2. The molecule has 1 amide bonds. The third-order valence-electron chi connectivity index (χ3n) is 2.73. The van der Waals surface area contributed by atoms with Gasteiger partial charge in [-0.15, -0.1) is 0 Å². The van der Waals surface area contributed by atoms with Crippen LogP contribution >= 0.6 is 0 Å². The van der Waals surface area contributed by atoms with Crippen LogP contribution in [0, 0.1) is 0 Å². The Kier molecular flexibility index (Phi) is 5.38. The van der Waals surface area contributed by atoms with Crippen molar-refractivity contribution in [2.45, 2.75) is 32.0 Å². The highest BCUT2D eigenvalue weighted by Gasteiger charge is 2.34. The zero-order valence-electron chi connectivity index (χ0n) is 11.3. The summed E-state index contributed by atoms with van der Waals surface area (Å²) >= 11 is 0. The SMILES string of the molecule is CCCC(N)C(=O)Nc1ccc(OC)cc1C(F)(F)F. The first-order chi connectivity index (χ1) is 9.29. The minimum atomic E-state index is -4.59. The summed E-state index contributed by atoms with van der Waals surface area (Å²) in [5.41, 5.74) is 4.28. The number of hydrogen-bond acceptors (Lipinski definition) is 3. The molecule has 3 N–H and O–H groups in total. The number of methoxy groups -OCH3 is 1. The van der Waals surface area contributed by atoms with Gasteiger partial charge in [0.1, 0.15) is 5.75 Å². The fourth-order valence-electron chi connectivity index (χ4n) is 1.66. The van der Waals surface area contributed by atoms with Crippen LogP contribution in [-0.2, 0) is 11.0 Å². The van der Waals surface area contributed by atoms with Crippen molar-refractivity contribution in [3.63, 3.8) is 0 Å². The molecular formula is C13H17F3N2O2. The lowest BCUT2D eigenvalue weighted by molar-refractivity contribution is -0.137. The maximum atomic E-state index is 12.9. The molecule has 0 spiro atoms. The van der Waals surface area contributed by atoms with Gasteiger partial charge in [-0.05, 0) is 24.6 Å². The standard InChI is InChI=1S/C13H17F3N2O2/c1-3-4-10(17)12(19)18-11-6-5-8(20-2)7-9(11)13(14,15)16/h5-7,10H,3-4,17H2,1-2H3,(H,18,19). The molecule has 1 rings (SSSR count). The number of nitrogens with two attached hydrogens (primary N) is 1. The summed E-state index contributed by atoms with van der Waals surface area (Å²) in [5.74, 6) is -0.573. The molecule has 112 valence electrons. The van der Waals surface area contributed by atoms with Gasteiger partial charge in [0, 0.05) is 0 Å². The van der Waals surface area contributed by atoms with Crippen LogP contribution in [0.3, 0.4) is 0 Å². The molecule has 4 nitrogen and oxygen atoms in total. The summed E-state index contributed by atoms with van der Waals surface area (Å²) in [7, 11) is 1.27. The van der Waals surface area contributed by atoms with E-state index in [1.165, 1.54) is 13.2 Å². The first-order valence-corrected chi connectivity index (χ1v) is 6.11. The number of carbonyl (C=O) groups excluding carboxylic acids is 1. The molecular weight excluding hydrogens is 273 g/mol. The Bertz CT molecular complexity index is 475. The molecule has 0 saturated carbocycles. The summed E-state index contributed by atoms with van der Waals surface area (Å²) < 4.78 is 43.5. The smallest absolute Gasteiger partial charge is 0.418 e. The minimum Gasteiger partial charge on any atom is -0.497 e. The van der Waals surface area contributed by atoms with Crippen molar-refractivity contribution >= 4 is 11.6 Å². The van der Waals surface area contributed by atoms with E-state index in [1.54, 1.807) is 0 Å². The van der Waals surface area contributed by atoms with Crippen LogP contribution in [-0.4, -0.2) is 19.1 Å². The predicted molar refractivity (Wildman–Crippen MR) is 69.5 cm³/mol. The summed E-state index contributed by atoms with van der Waals surface area (Å²) in [4.78, 5) is 11.7. The molecule has 1 unspecified atom stereocenters. The number of nitrogens with one attached hydrogen (secondary N) is 1. The van der Waals surface area contributed by atoms with Crippen LogP contribution in [0.25, 0.3) is 0 Å². The number of ether oxygens (including phenoxy) is 1. The Balaban J connectivity index is 3.03. The maximum absolute atomic E-state index is 12.9. The number of amides is 1. The molecule has 20 heavy (non-hydrogen) atoms. The zero-order chi connectivity index (χ0) is 15.3. The van der Waals surface area contributed by atoms with Crippen LogP contribution < -0.4 is 15.8 Å². The van der Waals surface area contributed by atoms with E-state index in [2.05, 4.69) is 5.32 Å². The van der Waals surface area contributed by atoms with Crippen molar-refractivity contribution < 1.29 is 22.7 Å². The van der Waals surface area contributed by atoms with Crippen molar-refractivity contribution in [1.82, 2.24) is 0 Å². The van der Waals surface area contributed by atoms with Gasteiger partial charge in [-0.2, -0.15) is 13.2 Å². The molecule has 1 aromatic carbocycles. The number of rotatable bonds is 5. The van der Waals surface area contributed by atoms with Crippen LogP contribution in [0.15, 0.2) is 18.2 Å². The fourth-order valence-corrected chi connectivity index (χ4v) is 1.66. The van der Waals surface area contributed by atoms with Gasteiger partial charge in [0.15, 0.2) is 0 Å². The first kappa shape index (κ1) is 16.3. The maximum Gasteiger partial charge on any atom is 0.418 e. The Morgan fingerprint density at radius 2 is 2.10 bits per heavy atom. The molecule has 1 aromatic rings. The van der Waals surface area contributed by atoms with Gasteiger partial charge in [0.2, 0.25) is 5.91 Å². The van der Waals surface area contributed by atoms with Gasteiger partial charge in [-0.3, -0.25) is 4.79 Å². The van der Waals surface area contributed by atoms with Crippen molar-refractivity contribution in [1.29, 1.82) is 0 Å².